The quantitative estimate of drug-likeness (QED) is 0.147. The summed E-state index contributed by atoms with van der Waals surface area (Å²) in [5, 5.41) is 0. The predicted octanol–water partition coefficient (Wildman–Crippen LogP) is 22.7. The lowest BCUT2D eigenvalue weighted by Gasteiger charge is -2.18. The van der Waals surface area contributed by atoms with E-state index in [4.69, 9.17) is 0 Å². The lowest BCUT2D eigenvalue weighted by molar-refractivity contribution is -0.138. The summed E-state index contributed by atoms with van der Waals surface area (Å²) in [6.07, 6.45) is -44.9. The Morgan fingerprint density at radius 2 is 0.308 bits per heavy atom. The van der Waals surface area contributed by atoms with Crippen LogP contribution in [-0.2, 0) is 49.4 Å². The molecule has 32 heteroatoms. The van der Waals surface area contributed by atoms with Gasteiger partial charge in [-0.25, -0.2) is 29.9 Å². The van der Waals surface area contributed by atoms with E-state index >= 15 is 105 Å². The van der Waals surface area contributed by atoms with Crippen LogP contribution in [0.25, 0.3) is 89.4 Å². The molecule has 0 spiro atoms. The van der Waals surface area contributed by atoms with Crippen molar-refractivity contribution in [2.75, 3.05) is 0 Å². The first-order valence-corrected chi connectivity index (χ1v) is 29.8. The fraction of sp³-hybridized carbons (Fsp3) is 0.111. The van der Waals surface area contributed by atoms with E-state index in [1.165, 1.54) is 0 Å². The summed E-state index contributed by atoms with van der Waals surface area (Å²) in [6, 6.07) is 21.1. The van der Waals surface area contributed by atoms with Crippen LogP contribution in [-0.4, -0.2) is 39.9 Å². The Balaban J connectivity index is 1.42. The smallest absolute Gasteiger partial charge is 0.324 e. The number of hydrogen-bond acceptors (Lipinski definition) is 6. The number of aromatic nitrogens is 8. The monoisotopic (exact) mass is 1470 g/mol. The van der Waals surface area contributed by atoms with Gasteiger partial charge in [-0.3, -0.25) is 0 Å². The average molecular weight is 1470 g/mol. The van der Waals surface area contributed by atoms with E-state index in [1.807, 2.05) is 0 Å². The molecule has 0 fully saturated rings. The van der Waals surface area contributed by atoms with Gasteiger partial charge in [0.05, 0.1) is 44.5 Å². The van der Waals surface area contributed by atoms with Crippen molar-refractivity contribution in [3.8, 4) is 44.5 Å². The molecule has 530 valence electrons. The molecule has 0 saturated carbocycles. The first-order chi connectivity index (χ1) is 48.7. The molecule has 0 radical (unpaired) electrons. The minimum atomic E-state index is -5.61. The van der Waals surface area contributed by atoms with Gasteiger partial charge in [-0.2, -0.15) is 105 Å². The third-order valence-electron chi connectivity index (χ3n) is 16.6. The highest BCUT2D eigenvalue weighted by molar-refractivity contribution is 6.10. The molecule has 0 amide bonds. The normalized spacial score (nSPS) is 13.7. The van der Waals surface area contributed by atoms with Gasteiger partial charge < -0.3 is 9.97 Å². The van der Waals surface area contributed by atoms with Crippen molar-refractivity contribution in [1.82, 2.24) is 39.9 Å². The number of benzene rings is 8. The maximum absolute atomic E-state index is 15.8. The van der Waals surface area contributed by atoms with E-state index in [-0.39, 0.29) is 0 Å². The van der Waals surface area contributed by atoms with Gasteiger partial charge in [-0.1, -0.05) is 146 Å². The number of rotatable bonds is 8. The Morgan fingerprint density at radius 1 is 0.173 bits per heavy atom. The second-order valence-corrected chi connectivity index (χ2v) is 23.0. The summed E-state index contributed by atoms with van der Waals surface area (Å²) < 4.78 is 380. The minimum absolute atomic E-state index is 0.368. The molecule has 3 aromatic heterocycles. The molecule has 2 aliphatic rings. The molecule has 0 atom stereocenters. The van der Waals surface area contributed by atoms with Gasteiger partial charge in [0.25, 0.3) is 0 Å². The van der Waals surface area contributed by atoms with Crippen molar-refractivity contribution >= 4 is 44.9 Å². The Labute approximate surface area is 566 Å². The van der Waals surface area contributed by atoms with E-state index in [0.717, 1.165) is 97.1 Å². The number of hydrogen-bond donors (Lipinski definition) is 2. The van der Waals surface area contributed by atoms with E-state index in [2.05, 4.69) is 39.9 Å². The fourth-order valence-electron chi connectivity index (χ4n) is 12.6. The van der Waals surface area contributed by atoms with Gasteiger partial charge in [-0.05, 0) is 93.0 Å². The Kier molecular flexibility index (Phi) is 17.1. The van der Waals surface area contributed by atoms with Gasteiger partial charge in [0.2, 0.25) is 0 Å². The highest BCUT2D eigenvalue weighted by atomic mass is 19.4. The van der Waals surface area contributed by atoms with Crippen molar-refractivity contribution in [3.63, 3.8) is 0 Å². The van der Waals surface area contributed by atoms with E-state index in [0.29, 0.717) is 97.1 Å². The molecule has 13 rings (SSSR count). The highest BCUT2D eigenvalue weighted by Gasteiger charge is 2.46. The molecule has 5 heterocycles. The molecule has 0 saturated heterocycles. The zero-order valence-corrected chi connectivity index (χ0v) is 51.2. The average Bonchev–Trinajstić information content (AvgIpc) is 1.56. The fourth-order valence-corrected chi connectivity index (χ4v) is 12.6. The number of halogens is 24. The SMILES string of the molecule is FC(F)(F)c1ccccc1C1=C(c2ccccc2C(F)(F)F)c2nc1nc1[nH]c(nc3nc(nc4[nH]c(n2)c(-c2ccccc2C(F)(F)F)c4-c2ccccc2C(F)(F)F)C(c2ccccc2C(F)(F)F)=C3c2ccccc2C(F)(F)F)c(-c2ccccc2C(F)(F)F)c1-c1ccccc1C(F)(F)F. The third kappa shape index (κ3) is 12.9. The number of H-pyrrole nitrogens is 2. The number of nitrogens with zero attached hydrogens (tertiary/aromatic N) is 6. The van der Waals surface area contributed by atoms with Crippen LogP contribution >= 0.6 is 0 Å². The Hall–Kier alpha value is -11.6. The third-order valence-corrected chi connectivity index (χ3v) is 16.6. The number of nitrogens with one attached hydrogen (secondary N) is 2. The highest BCUT2D eigenvalue weighted by Crippen LogP contribution is 2.54. The van der Waals surface area contributed by atoms with Gasteiger partial charge in [0.1, 0.15) is 22.6 Å². The van der Waals surface area contributed by atoms with Crippen LogP contribution in [0.15, 0.2) is 194 Å². The topological polar surface area (TPSA) is 109 Å². The van der Waals surface area contributed by atoms with Crippen LogP contribution < -0.4 is 0 Å². The number of fused-ring (bicyclic) bond motifs is 8. The first kappa shape index (κ1) is 70.8. The lowest BCUT2D eigenvalue weighted by Crippen LogP contribution is -2.11. The van der Waals surface area contributed by atoms with Crippen LogP contribution in [0, 0.1) is 0 Å². The summed E-state index contributed by atoms with van der Waals surface area (Å²) in [7, 11) is 0. The molecule has 0 aliphatic carbocycles. The van der Waals surface area contributed by atoms with Crippen molar-refractivity contribution in [2.24, 2.45) is 0 Å². The van der Waals surface area contributed by atoms with E-state index < -0.39 is 229 Å². The summed E-state index contributed by atoms with van der Waals surface area (Å²) in [4.78, 5) is 31.0. The standard InChI is InChI=1S/C72H34F24N8/c73-65(74,75)41-25-9-1-17-33(41)49-50(34-18-2-10-26-42(34)66(76,77)78)58-97-57(49)101-59-51(35-19-3-11-27-43(35)67(79,80)81)52(36-20-4-12-28-44(36)68(82,83)84)61(98-59)103-63-55(39-23-7-15-31-47(39)71(91,92)93)56(40-24-8-16-32-48(40)72(94,95)96)64(100-63)104-62-54(38-22-6-14-30-46(38)70(88,89)90)53(60(99-62)102-58)37-21-5-13-29-45(37)69(85,86)87/h1-32H,(H2,97,98,99,100,101,102,103,104). The molecule has 2 aliphatic heterocycles. The Bertz CT molecular complexity index is 4860. The molecular weight excluding hydrogens is 1430 g/mol. The zero-order chi connectivity index (χ0) is 74.8. The maximum Gasteiger partial charge on any atom is 0.417 e. The van der Waals surface area contributed by atoms with Crippen LogP contribution in [0.5, 0.6) is 0 Å². The second kappa shape index (κ2) is 25.1. The molecule has 0 unspecified atom stereocenters. The van der Waals surface area contributed by atoms with Crippen molar-refractivity contribution < 1.29 is 105 Å². The van der Waals surface area contributed by atoms with Crippen LogP contribution in [0.3, 0.4) is 0 Å². The second-order valence-electron chi connectivity index (χ2n) is 23.0. The molecule has 8 aromatic carbocycles. The zero-order valence-electron chi connectivity index (χ0n) is 51.2. The molecule has 8 nitrogen and oxygen atoms in total. The van der Waals surface area contributed by atoms with Crippen molar-refractivity contribution in [3.05, 3.63) is 284 Å². The summed E-state index contributed by atoms with van der Waals surface area (Å²) >= 11 is 0. The predicted molar refractivity (Wildman–Crippen MR) is 330 cm³/mol. The minimum Gasteiger partial charge on any atom is -0.324 e. The van der Waals surface area contributed by atoms with E-state index in [9.17, 15) is 0 Å². The molecule has 104 heavy (non-hydrogen) atoms. The first-order valence-electron chi connectivity index (χ1n) is 29.8. The molecular formula is C72H34F24N8. The summed E-state index contributed by atoms with van der Waals surface area (Å²) in [5.74, 6) is -5.65. The van der Waals surface area contributed by atoms with E-state index in [1.54, 1.807) is 0 Å². The Morgan fingerprint density at radius 3 is 0.462 bits per heavy atom. The van der Waals surface area contributed by atoms with Gasteiger partial charge in [0.15, 0.2) is 23.3 Å². The molecule has 11 aromatic rings. The maximum atomic E-state index is 15.8. The largest absolute Gasteiger partial charge is 0.417 e. The summed E-state index contributed by atoms with van der Waals surface area (Å²) in [6.45, 7) is 0. The van der Waals surface area contributed by atoms with Gasteiger partial charge in [0, 0.05) is 44.5 Å². The number of alkyl halides is 24. The number of aromatic amines is 2. The summed E-state index contributed by atoms with van der Waals surface area (Å²) in [5.41, 5.74) is -39.5. The van der Waals surface area contributed by atoms with Crippen molar-refractivity contribution in [2.45, 2.75) is 49.4 Å². The van der Waals surface area contributed by atoms with Crippen LogP contribution in [0.1, 0.15) is 90.1 Å². The molecule has 2 N–H and O–H groups in total. The van der Waals surface area contributed by atoms with Gasteiger partial charge in [-0.15, -0.1) is 0 Å². The van der Waals surface area contributed by atoms with Crippen LogP contribution in [0.2, 0.25) is 0 Å². The van der Waals surface area contributed by atoms with Crippen molar-refractivity contribution in [1.29, 1.82) is 0 Å². The van der Waals surface area contributed by atoms with Crippen LogP contribution in [0.4, 0.5) is 105 Å². The molecule has 8 bridgehead atoms. The van der Waals surface area contributed by atoms with Gasteiger partial charge >= 0.3 is 49.4 Å². The lowest BCUT2D eigenvalue weighted by atomic mass is 9.89.